The number of aromatic hydroxyl groups is 1. The Hall–Kier alpha value is -2.28. The zero-order valence-corrected chi connectivity index (χ0v) is 13.2. The first-order valence-corrected chi connectivity index (χ1v) is 7.93. The topological polar surface area (TPSA) is 76.1 Å². The number of phenols is 1. The Morgan fingerprint density at radius 2 is 1.78 bits per heavy atom. The molecule has 0 spiro atoms. The molecule has 1 aromatic carbocycles. The van der Waals surface area contributed by atoms with Crippen LogP contribution in [0.2, 0.25) is 0 Å². The first-order chi connectivity index (χ1) is 11.1. The van der Waals surface area contributed by atoms with Gasteiger partial charge in [0.25, 0.3) is 0 Å². The number of phenolic OH excluding ortho intramolecular Hbond substituents is 1. The molecule has 2 N–H and O–H groups in total. The molecule has 0 saturated carbocycles. The fourth-order valence-corrected chi connectivity index (χ4v) is 3.09. The number of anilines is 1. The molecule has 3 amide bonds. The van der Waals surface area contributed by atoms with Crippen LogP contribution in [-0.4, -0.2) is 72.2 Å². The van der Waals surface area contributed by atoms with Gasteiger partial charge in [0.15, 0.2) is 0 Å². The van der Waals surface area contributed by atoms with Gasteiger partial charge < -0.3 is 15.3 Å². The monoisotopic (exact) mass is 318 g/mol. The van der Waals surface area contributed by atoms with E-state index in [1.807, 2.05) is 19.1 Å². The van der Waals surface area contributed by atoms with Crippen LogP contribution in [0.25, 0.3) is 0 Å². The average Bonchev–Trinajstić information content (AvgIpc) is 3.00. The number of rotatable bonds is 3. The van der Waals surface area contributed by atoms with Gasteiger partial charge in [0.1, 0.15) is 5.75 Å². The zero-order valence-electron chi connectivity index (χ0n) is 13.2. The lowest BCUT2D eigenvalue weighted by molar-refractivity contribution is -0.132. The molecule has 0 unspecified atom stereocenters. The Morgan fingerprint density at radius 1 is 1.13 bits per heavy atom. The van der Waals surface area contributed by atoms with Gasteiger partial charge in [0, 0.05) is 45.0 Å². The fourth-order valence-electron chi connectivity index (χ4n) is 3.09. The van der Waals surface area contributed by atoms with Crippen molar-refractivity contribution in [1.29, 1.82) is 0 Å². The Balaban J connectivity index is 1.56. The van der Waals surface area contributed by atoms with Gasteiger partial charge in [0.2, 0.25) is 5.91 Å². The number of nitrogens with one attached hydrogen (secondary N) is 1. The standard InChI is InChI=1S/C16H22N4O3/c1-12(15(22)20-7-6-17-16(20)23)18-8-10-19(11-9-18)13-2-4-14(21)5-3-13/h2-5,12,21H,6-11H2,1H3,(H,17,23)/t12-/m1/s1. The van der Waals surface area contributed by atoms with Crippen LogP contribution >= 0.6 is 0 Å². The number of amides is 3. The van der Waals surface area contributed by atoms with Crippen LogP contribution in [-0.2, 0) is 4.79 Å². The summed E-state index contributed by atoms with van der Waals surface area (Å²) in [5.41, 5.74) is 1.07. The summed E-state index contributed by atoms with van der Waals surface area (Å²) in [7, 11) is 0. The second-order valence-corrected chi connectivity index (χ2v) is 5.94. The Bertz CT molecular complexity index is 581. The lowest BCUT2D eigenvalue weighted by atomic mass is 10.2. The van der Waals surface area contributed by atoms with E-state index in [4.69, 9.17) is 0 Å². The van der Waals surface area contributed by atoms with Crippen LogP contribution in [0.3, 0.4) is 0 Å². The lowest BCUT2D eigenvalue weighted by Crippen LogP contribution is -2.55. The summed E-state index contributed by atoms with van der Waals surface area (Å²) >= 11 is 0. The summed E-state index contributed by atoms with van der Waals surface area (Å²) in [4.78, 5) is 29.7. The third kappa shape index (κ3) is 3.24. The van der Waals surface area contributed by atoms with E-state index >= 15 is 0 Å². The Labute approximate surface area is 135 Å². The second kappa shape index (κ2) is 6.45. The molecule has 0 aromatic heterocycles. The van der Waals surface area contributed by atoms with E-state index in [2.05, 4.69) is 15.1 Å². The number of nitrogens with zero attached hydrogens (tertiary/aromatic N) is 3. The first-order valence-electron chi connectivity index (χ1n) is 7.93. The number of carbonyl (C=O) groups excluding carboxylic acids is 2. The van der Waals surface area contributed by atoms with Crippen molar-refractivity contribution in [3.05, 3.63) is 24.3 Å². The van der Waals surface area contributed by atoms with Crippen molar-refractivity contribution >= 4 is 17.6 Å². The maximum atomic E-state index is 12.4. The van der Waals surface area contributed by atoms with Gasteiger partial charge in [-0.25, -0.2) is 4.79 Å². The highest BCUT2D eigenvalue weighted by Gasteiger charge is 2.33. The van der Waals surface area contributed by atoms with Crippen molar-refractivity contribution in [3.63, 3.8) is 0 Å². The fraction of sp³-hybridized carbons (Fsp3) is 0.500. The van der Waals surface area contributed by atoms with E-state index in [-0.39, 0.29) is 23.7 Å². The number of hydrogen-bond acceptors (Lipinski definition) is 5. The molecule has 0 bridgehead atoms. The molecule has 3 rings (SSSR count). The van der Waals surface area contributed by atoms with Gasteiger partial charge in [-0.1, -0.05) is 0 Å². The number of urea groups is 1. The quantitative estimate of drug-likeness (QED) is 0.846. The predicted molar refractivity (Wildman–Crippen MR) is 86.5 cm³/mol. The summed E-state index contributed by atoms with van der Waals surface area (Å²) in [5, 5.41) is 12.0. The van der Waals surface area contributed by atoms with Crippen LogP contribution in [0.4, 0.5) is 10.5 Å². The van der Waals surface area contributed by atoms with Crippen molar-refractivity contribution in [1.82, 2.24) is 15.1 Å². The van der Waals surface area contributed by atoms with E-state index in [0.29, 0.717) is 13.1 Å². The summed E-state index contributed by atoms with van der Waals surface area (Å²) in [6, 6.07) is 6.58. The highest BCUT2D eigenvalue weighted by molar-refractivity contribution is 5.98. The molecule has 124 valence electrons. The molecule has 7 nitrogen and oxygen atoms in total. The highest BCUT2D eigenvalue weighted by atomic mass is 16.3. The molecular weight excluding hydrogens is 296 g/mol. The average molecular weight is 318 g/mol. The summed E-state index contributed by atoms with van der Waals surface area (Å²) in [6.07, 6.45) is 0. The maximum Gasteiger partial charge on any atom is 0.324 e. The molecule has 23 heavy (non-hydrogen) atoms. The molecule has 7 heteroatoms. The van der Waals surface area contributed by atoms with E-state index in [9.17, 15) is 14.7 Å². The normalized spacial score (nSPS) is 20.5. The van der Waals surface area contributed by atoms with Crippen molar-refractivity contribution < 1.29 is 14.7 Å². The van der Waals surface area contributed by atoms with E-state index in [0.717, 1.165) is 31.9 Å². The Kier molecular flexibility index (Phi) is 4.38. The number of carbonyl (C=O) groups is 2. The maximum absolute atomic E-state index is 12.4. The van der Waals surface area contributed by atoms with Crippen LogP contribution < -0.4 is 10.2 Å². The minimum Gasteiger partial charge on any atom is -0.508 e. The van der Waals surface area contributed by atoms with Gasteiger partial charge in [-0.2, -0.15) is 0 Å². The van der Waals surface area contributed by atoms with E-state index in [1.54, 1.807) is 12.1 Å². The minimum absolute atomic E-state index is 0.127. The van der Waals surface area contributed by atoms with Gasteiger partial charge in [0.05, 0.1) is 6.04 Å². The SMILES string of the molecule is C[C@H](C(=O)N1CCNC1=O)N1CCN(c2ccc(O)cc2)CC1. The van der Waals surface area contributed by atoms with Crippen LogP contribution in [0, 0.1) is 0 Å². The van der Waals surface area contributed by atoms with Gasteiger partial charge in [-0.3, -0.25) is 14.6 Å². The van der Waals surface area contributed by atoms with Crippen LogP contribution in [0.1, 0.15) is 6.92 Å². The zero-order chi connectivity index (χ0) is 16.4. The largest absolute Gasteiger partial charge is 0.508 e. The molecule has 0 aliphatic carbocycles. The molecule has 2 saturated heterocycles. The number of benzene rings is 1. The third-order valence-electron chi connectivity index (χ3n) is 4.56. The van der Waals surface area contributed by atoms with Crippen molar-refractivity contribution in [2.75, 3.05) is 44.2 Å². The van der Waals surface area contributed by atoms with E-state index < -0.39 is 0 Å². The van der Waals surface area contributed by atoms with Gasteiger partial charge in [-0.15, -0.1) is 0 Å². The molecule has 1 atom stereocenters. The highest BCUT2D eigenvalue weighted by Crippen LogP contribution is 2.20. The molecular formula is C16H22N4O3. The molecule has 2 fully saturated rings. The molecule has 0 radical (unpaired) electrons. The third-order valence-corrected chi connectivity index (χ3v) is 4.56. The lowest BCUT2D eigenvalue weighted by Gasteiger charge is -2.39. The summed E-state index contributed by atoms with van der Waals surface area (Å²) < 4.78 is 0. The minimum atomic E-state index is -0.291. The number of piperazine rings is 1. The Morgan fingerprint density at radius 3 is 2.35 bits per heavy atom. The number of hydrogen-bond donors (Lipinski definition) is 2. The van der Waals surface area contributed by atoms with Crippen LogP contribution in [0.5, 0.6) is 5.75 Å². The van der Waals surface area contributed by atoms with Gasteiger partial charge in [-0.05, 0) is 31.2 Å². The summed E-state index contributed by atoms with van der Waals surface area (Å²) in [6.45, 7) is 6.02. The van der Waals surface area contributed by atoms with Crippen LogP contribution in [0.15, 0.2) is 24.3 Å². The molecule has 2 aliphatic rings. The van der Waals surface area contributed by atoms with Crippen molar-refractivity contribution in [2.24, 2.45) is 0 Å². The summed E-state index contributed by atoms with van der Waals surface area (Å²) in [5.74, 6) is 0.133. The molecule has 2 heterocycles. The molecule has 2 aliphatic heterocycles. The predicted octanol–water partition coefficient (Wildman–Crippen LogP) is 0.454. The van der Waals surface area contributed by atoms with Crippen molar-refractivity contribution in [2.45, 2.75) is 13.0 Å². The van der Waals surface area contributed by atoms with Crippen molar-refractivity contribution in [3.8, 4) is 5.75 Å². The molecule has 1 aromatic rings. The number of imide groups is 1. The first kappa shape index (κ1) is 15.6. The van der Waals surface area contributed by atoms with E-state index in [1.165, 1.54) is 4.90 Å². The van der Waals surface area contributed by atoms with Gasteiger partial charge >= 0.3 is 6.03 Å². The smallest absolute Gasteiger partial charge is 0.324 e. The second-order valence-electron chi connectivity index (χ2n) is 5.94.